The van der Waals surface area contributed by atoms with E-state index in [2.05, 4.69) is 41.4 Å². The molecular formula is C23H26N2O2. The fourth-order valence-electron chi connectivity index (χ4n) is 3.17. The van der Waals surface area contributed by atoms with Crippen LogP contribution < -0.4 is 5.32 Å². The van der Waals surface area contributed by atoms with Crippen LogP contribution in [0.25, 0.3) is 11.1 Å². The van der Waals surface area contributed by atoms with E-state index < -0.39 is 0 Å². The quantitative estimate of drug-likeness (QED) is 0.671. The molecule has 140 valence electrons. The normalized spacial score (nSPS) is 12.1. The Balaban J connectivity index is 1.73. The summed E-state index contributed by atoms with van der Waals surface area (Å²) in [5, 5.41) is 3.03. The Morgan fingerprint density at radius 1 is 1.04 bits per heavy atom. The highest BCUT2D eigenvalue weighted by Gasteiger charge is 2.20. The zero-order valence-corrected chi connectivity index (χ0v) is 16.1. The SMILES string of the molecule is CCc1ccc(C(CNC(=O)c2occc2-c2ccccc2)N(C)C)cc1. The molecule has 3 aromatic rings. The van der Waals surface area contributed by atoms with Crippen molar-refractivity contribution in [2.24, 2.45) is 0 Å². The van der Waals surface area contributed by atoms with Crippen LogP contribution in [0.4, 0.5) is 0 Å². The first kappa shape index (κ1) is 18.9. The van der Waals surface area contributed by atoms with Crippen LogP contribution in [0.3, 0.4) is 0 Å². The lowest BCUT2D eigenvalue weighted by Gasteiger charge is -2.25. The van der Waals surface area contributed by atoms with E-state index in [4.69, 9.17) is 4.42 Å². The lowest BCUT2D eigenvalue weighted by Crippen LogP contribution is -2.34. The number of carbonyl (C=O) groups excluding carboxylic acids is 1. The molecule has 0 spiro atoms. The molecule has 0 fully saturated rings. The standard InChI is InChI=1S/C23H26N2O2/c1-4-17-10-12-19(13-11-17)21(25(2)3)16-24-23(26)22-20(14-15-27-22)18-8-6-5-7-9-18/h5-15,21H,4,16H2,1-3H3,(H,24,26). The number of carbonyl (C=O) groups is 1. The van der Waals surface area contributed by atoms with Crippen molar-refractivity contribution in [3.8, 4) is 11.1 Å². The van der Waals surface area contributed by atoms with E-state index in [0.29, 0.717) is 12.3 Å². The number of benzene rings is 2. The Kier molecular flexibility index (Phi) is 6.09. The number of furan rings is 1. The number of nitrogens with one attached hydrogen (secondary N) is 1. The van der Waals surface area contributed by atoms with Crippen molar-refractivity contribution in [3.63, 3.8) is 0 Å². The fourth-order valence-corrected chi connectivity index (χ4v) is 3.17. The lowest BCUT2D eigenvalue weighted by atomic mass is 10.0. The topological polar surface area (TPSA) is 45.5 Å². The van der Waals surface area contributed by atoms with Crippen molar-refractivity contribution < 1.29 is 9.21 Å². The Morgan fingerprint density at radius 2 is 1.74 bits per heavy atom. The number of rotatable bonds is 7. The van der Waals surface area contributed by atoms with Crippen molar-refractivity contribution >= 4 is 5.91 Å². The summed E-state index contributed by atoms with van der Waals surface area (Å²) in [7, 11) is 4.04. The van der Waals surface area contributed by atoms with Crippen LogP contribution in [0.15, 0.2) is 71.3 Å². The van der Waals surface area contributed by atoms with Crippen molar-refractivity contribution in [3.05, 3.63) is 83.8 Å². The molecule has 0 aliphatic rings. The van der Waals surface area contributed by atoms with Gasteiger partial charge >= 0.3 is 0 Å². The maximum atomic E-state index is 12.7. The third kappa shape index (κ3) is 4.47. The molecule has 1 heterocycles. The number of likely N-dealkylation sites (N-methyl/N-ethyl adjacent to an activating group) is 1. The van der Waals surface area contributed by atoms with Gasteiger partial charge in [-0.1, -0.05) is 61.5 Å². The largest absolute Gasteiger partial charge is 0.459 e. The predicted octanol–water partition coefficient (Wildman–Crippen LogP) is 4.54. The minimum absolute atomic E-state index is 0.0926. The second-order valence-corrected chi connectivity index (χ2v) is 6.81. The van der Waals surface area contributed by atoms with Gasteiger partial charge in [0.15, 0.2) is 5.76 Å². The molecule has 0 aliphatic heterocycles. The first-order valence-corrected chi connectivity index (χ1v) is 9.26. The van der Waals surface area contributed by atoms with Gasteiger partial charge in [-0.3, -0.25) is 4.79 Å². The van der Waals surface area contributed by atoms with Crippen LogP contribution in [0.1, 0.15) is 34.6 Å². The Hall–Kier alpha value is -2.85. The van der Waals surface area contributed by atoms with Crippen LogP contribution in [0.2, 0.25) is 0 Å². The summed E-state index contributed by atoms with van der Waals surface area (Å²) < 4.78 is 5.48. The summed E-state index contributed by atoms with van der Waals surface area (Å²) in [5.41, 5.74) is 4.26. The summed E-state index contributed by atoms with van der Waals surface area (Å²) in [6.07, 6.45) is 2.58. The molecule has 4 heteroatoms. The molecule has 1 atom stereocenters. The average Bonchev–Trinajstić information content (AvgIpc) is 3.19. The number of hydrogen-bond donors (Lipinski definition) is 1. The van der Waals surface area contributed by atoms with Gasteiger partial charge in [-0.15, -0.1) is 0 Å². The molecule has 27 heavy (non-hydrogen) atoms. The number of aryl methyl sites for hydroxylation is 1. The molecule has 1 aromatic heterocycles. The molecule has 0 saturated carbocycles. The average molecular weight is 362 g/mol. The van der Waals surface area contributed by atoms with Crippen molar-refractivity contribution in [2.75, 3.05) is 20.6 Å². The Labute approximate surface area is 160 Å². The van der Waals surface area contributed by atoms with Gasteiger partial charge in [-0.25, -0.2) is 0 Å². The van der Waals surface area contributed by atoms with Crippen LogP contribution in [-0.2, 0) is 6.42 Å². The number of amides is 1. The van der Waals surface area contributed by atoms with Gasteiger partial charge in [0.2, 0.25) is 0 Å². The highest BCUT2D eigenvalue weighted by molar-refractivity contribution is 5.98. The van der Waals surface area contributed by atoms with Crippen molar-refractivity contribution in [2.45, 2.75) is 19.4 Å². The third-order valence-corrected chi connectivity index (χ3v) is 4.81. The van der Waals surface area contributed by atoms with E-state index in [9.17, 15) is 4.79 Å². The van der Waals surface area contributed by atoms with E-state index in [1.807, 2.05) is 50.5 Å². The van der Waals surface area contributed by atoms with Crippen LogP contribution in [-0.4, -0.2) is 31.4 Å². The van der Waals surface area contributed by atoms with E-state index in [1.165, 1.54) is 11.1 Å². The van der Waals surface area contributed by atoms with Crippen LogP contribution >= 0.6 is 0 Å². The summed E-state index contributed by atoms with van der Waals surface area (Å²) in [6.45, 7) is 2.65. The maximum Gasteiger partial charge on any atom is 0.287 e. The first-order valence-electron chi connectivity index (χ1n) is 9.26. The lowest BCUT2D eigenvalue weighted by molar-refractivity contribution is 0.0915. The summed E-state index contributed by atoms with van der Waals surface area (Å²) in [4.78, 5) is 14.8. The Bertz CT molecular complexity index is 867. The van der Waals surface area contributed by atoms with Gasteiger partial charge in [0, 0.05) is 12.1 Å². The molecular weight excluding hydrogens is 336 g/mol. The minimum atomic E-state index is -0.198. The molecule has 0 aliphatic carbocycles. The highest BCUT2D eigenvalue weighted by Crippen LogP contribution is 2.25. The van der Waals surface area contributed by atoms with E-state index in [0.717, 1.165) is 17.5 Å². The van der Waals surface area contributed by atoms with E-state index in [-0.39, 0.29) is 11.9 Å². The summed E-state index contributed by atoms with van der Waals surface area (Å²) in [6, 6.07) is 20.3. The zero-order chi connectivity index (χ0) is 19.2. The third-order valence-electron chi connectivity index (χ3n) is 4.81. The zero-order valence-electron chi connectivity index (χ0n) is 16.1. The second kappa shape index (κ2) is 8.69. The number of hydrogen-bond acceptors (Lipinski definition) is 3. The fraction of sp³-hybridized carbons (Fsp3) is 0.261. The monoisotopic (exact) mass is 362 g/mol. The second-order valence-electron chi connectivity index (χ2n) is 6.81. The molecule has 1 amide bonds. The molecule has 1 unspecified atom stereocenters. The number of nitrogens with zero attached hydrogens (tertiary/aromatic N) is 1. The first-order chi connectivity index (χ1) is 13.1. The van der Waals surface area contributed by atoms with Crippen molar-refractivity contribution in [1.29, 1.82) is 0 Å². The molecule has 0 bridgehead atoms. The molecule has 4 nitrogen and oxygen atoms in total. The van der Waals surface area contributed by atoms with Gasteiger partial charge in [-0.2, -0.15) is 0 Å². The van der Waals surface area contributed by atoms with Gasteiger partial charge in [0.1, 0.15) is 0 Å². The minimum Gasteiger partial charge on any atom is -0.459 e. The molecule has 0 radical (unpaired) electrons. The van der Waals surface area contributed by atoms with Gasteiger partial charge in [-0.05, 0) is 43.3 Å². The molecule has 1 N–H and O–H groups in total. The smallest absolute Gasteiger partial charge is 0.287 e. The van der Waals surface area contributed by atoms with Gasteiger partial charge in [0.05, 0.1) is 12.3 Å². The van der Waals surface area contributed by atoms with E-state index >= 15 is 0 Å². The Morgan fingerprint density at radius 3 is 2.37 bits per heavy atom. The van der Waals surface area contributed by atoms with Crippen LogP contribution in [0.5, 0.6) is 0 Å². The van der Waals surface area contributed by atoms with Crippen molar-refractivity contribution in [1.82, 2.24) is 10.2 Å². The van der Waals surface area contributed by atoms with Gasteiger partial charge < -0.3 is 14.6 Å². The molecule has 3 rings (SSSR count). The van der Waals surface area contributed by atoms with E-state index in [1.54, 1.807) is 6.26 Å². The van der Waals surface area contributed by atoms with Gasteiger partial charge in [0.25, 0.3) is 5.91 Å². The predicted molar refractivity (Wildman–Crippen MR) is 109 cm³/mol. The highest BCUT2D eigenvalue weighted by atomic mass is 16.3. The maximum absolute atomic E-state index is 12.7. The summed E-state index contributed by atoms with van der Waals surface area (Å²) >= 11 is 0. The summed E-state index contributed by atoms with van der Waals surface area (Å²) in [5.74, 6) is 0.149. The molecule has 2 aromatic carbocycles. The van der Waals surface area contributed by atoms with Crippen LogP contribution in [0, 0.1) is 0 Å². The molecule has 0 saturated heterocycles.